The summed E-state index contributed by atoms with van der Waals surface area (Å²) in [5.74, 6) is -0.750. The van der Waals surface area contributed by atoms with Crippen molar-refractivity contribution in [2.75, 3.05) is 0 Å². The zero-order valence-corrected chi connectivity index (χ0v) is 15.2. The van der Waals surface area contributed by atoms with Gasteiger partial charge in [0.15, 0.2) is 0 Å². The van der Waals surface area contributed by atoms with E-state index in [1.165, 1.54) is 19.3 Å². The molecule has 0 radical (unpaired) electrons. The number of carboxylic acid groups (broad SMARTS) is 1. The second-order valence-electron chi connectivity index (χ2n) is 6.36. The molecule has 1 fully saturated rings. The third-order valence-electron chi connectivity index (χ3n) is 4.10. The Hall–Kier alpha value is -1.43. The molecule has 5 nitrogen and oxygen atoms in total. The number of ether oxygens (including phenoxy) is 1. The van der Waals surface area contributed by atoms with Crippen molar-refractivity contribution < 1.29 is 24.8 Å². The lowest BCUT2D eigenvalue weighted by atomic mass is 10.1. The van der Waals surface area contributed by atoms with Crippen LogP contribution in [0.25, 0.3) is 0 Å². The summed E-state index contributed by atoms with van der Waals surface area (Å²) < 4.78 is 5.58. The zero-order valence-electron chi connectivity index (χ0n) is 15.2. The first-order chi connectivity index (χ1) is 12.2. The van der Waals surface area contributed by atoms with E-state index in [9.17, 15) is 4.79 Å². The minimum absolute atomic E-state index is 0.173. The predicted octanol–water partition coefficient (Wildman–Crippen LogP) is 4.90. The van der Waals surface area contributed by atoms with E-state index in [2.05, 4.69) is 11.8 Å². The van der Waals surface area contributed by atoms with E-state index in [4.69, 9.17) is 15.1 Å². The molecule has 0 saturated carbocycles. The van der Waals surface area contributed by atoms with Crippen molar-refractivity contribution >= 4 is 5.97 Å². The Morgan fingerprint density at radius 2 is 2.00 bits per heavy atom. The SMILES string of the molecule is CCCCCC1OC1/C=C/C(C/C=C/C/C=C/CCCC(=O)O)OO. The van der Waals surface area contributed by atoms with Crippen LogP contribution in [0.2, 0.25) is 0 Å². The fourth-order valence-electron chi connectivity index (χ4n) is 2.53. The van der Waals surface area contributed by atoms with Crippen LogP contribution in [0.5, 0.6) is 0 Å². The lowest BCUT2D eigenvalue weighted by Gasteiger charge is -2.04. The summed E-state index contributed by atoms with van der Waals surface area (Å²) in [6.07, 6.45) is 19.8. The molecule has 0 aromatic heterocycles. The minimum atomic E-state index is -0.750. The topological polar surface area (TPSA) is 79.3 Å². The maximum Gasteiger partial charge on any atom is 0.303 e. The molecule has 142 valence electrons. The Morgan fingerprint density at radius 3 is 2.72 bits per heavy atom. The van der Waals surface area contributed by atoms with Crippen molar-refractivity contribution in [3.8, 4) is 0 Å². The number of aliphatic carboxylic acids is 1. The number of hydrogen-bond donors (Lipinski definition) is 2. The molecule has 1 aliphatic rings. The Balaban J connectivity index is 2.10. The second kappa shape index (κ2) is 13.8. The molecule has 0 bridgehead atoms. The third kappa shape index (κ3) is 11.7. The minimum Gasteiger partial charge on any atom is -0.481 e. The van der Waals surface area contributed by atoms with Gasteiger partial charge in [-0.05, 0) is 32.1 Å². The van der Waals surface area contributed by atoms with E-state index in [0.717, 1.165) is 19.3 Å². The molecule has 1 saturated heterocycles. The lowest BCUT2D eigenvalue weighted by molar-refractivity contribution is -0.264. The molecule has 1 rings (SSSR count). The number of carboxylic acids is 1. The standard InChI is InChI=1S/C20H32O5/c1-2-3-9-13-18-19(24-18)16-15-17(25-23)12-10-7-5-4-6-8-11-14-20(21)22/h4,6-7,10,15-19,23H,2-3,5,8-9,11-14H2,1H3,(H,21,22)/b6-4+,10-7+,16-15+. The number of unbranched alkanes of at least 4 members (excludes halogenated alkanes) is 3. The highest BCUT2D eigenvalue weighted by Crippen LogP contribution is 2.28. The van der Waals surface area contributed by atoms with E-state index in [0.29, 0.717) is 18.9 Å². The van der Waals surface area contributed by atoms with Gasteiger partial charge in [-0.2, -0.15) is 0 Å². The van der Waals surface area contributed by atoms with Gasteiger partial charge in [-0.25, -0.2) is 4.89 Å². The number of epoxide rings is 1. The van der Waals surface area contributed by atoms with Gasteiger partial charge in [-0.3, -0.25) is 10.1 Å². The first-order valence-corrected chi connectivity index (χ1v) is 9.33. The highest BCUT2D eigenvalue weighted by Gasteiger charge is 2.35. The fraction of sp³-hybridized carbons (Fsp3) is 0.650. The summed E-state index contributed by atoms with van der Waals surface area (Å²) in [6, 6.07) is 0. The summed E-state index contributed by atoms with van der Waals surface area (Å²) in [6.45, 7) is 2.19. The Morgan fingerprint density at radius 1 is 1.20 bits per heavy atom. The summed E-state index contributed by atoms with van der Waals surface area (Å²) in [5, 5.41) is 17.5. The smallest absolute Gasteiger partial charge is 0.303 e. The van der Waals surface area contributed by atoms with Crippen molar-refractivity contribution in [3.05, 3.63) is 36.5 Å². The van der Waals surface area contributed by atoms with Gasteiger partial charge in [0.1, 0.15) is 12.2 Å². The Bertz CT molecular complexity index is 441. The first-order valence-electron chi connectivity index (χ1n) is 9.33. The first kappa shape index (κ1) is 21.6. The third-order valence-corrected chi connectivity index (χ3v) is 4.10. The maximum atomic E-state index is 10.4. The molecule has 0 amide bonds. The quantitative estimate of drug-likeness (QED) is 0.144. The van der Waals surface area contributed by atoms with E-state index >= 15 is 0 Å². The van der Waals surface area contributed by atoms with Gasteiger partial charge < -0.3 is 9.84 Å². The van der Waals surface area contributed by atoms with Crippen LogP contribution in [-0.4, -0.2) is 34.6 Å². The van der Waals surface area contributed by atoms with Gasteiger partial charge in [0.05, 0.1) is 6.10 Å². The monoisotopic (exact) mass is 352 g/mol. The van der Waals surface area contributed by atoms with E-state index in [1.807, 2.05) is 36.5 Å². The number of rotatable bonds is 15. The van der Waals surface area contributed by atoms with Crippen LogP contribution in [-0.2, 0) is 14.4 Å². The fourth-order valence-corrected chi connectivity index (χ4v) is 2.53. The molecule has 0 spiro atoms. The van der Waals surface area contributed by atoms with Gasteiger partial charge in [-0.1, -0.05) is 62.6 Å². The average Bonchev–Trinajstić information content (AvgIpc) is 3.34. The highest BCUT2D eigenvalue weighted by molar-refractivity contribution is 5.66. The van der Waals surface area contributed by atoms with Crippen molar-refractivity contribution in [2.24, 2.45) is 0 Å². The summed E-state index contributed by atoms with van der Waals surface area (Å²) in [4.78, 5) is 14.8. The second-order valence-corrected chi connectivity index (χ2v) is 6.36. The molecule has 1 heterocycles. The van der Waals surface area contributed by atoms with E-state index < -0.39 is 5.97 Å². The number of allylic oxidation sites excluding steroid dienone is 3. The average molecular weight is 352 g/mol. The van der Waals surface area contributed by atoms with Gasteiger partial charge in [0.25, 0.3) is 0 Å². The normalized spacial score (nSPS) is 21.5. The zero-order chi connectivity index (χ0) is 18.3. The van der Waals surface area contributed by atoms with Crippen LogP contribution in [0, 0.1) is 0 Å². The molecule has 0 aliphatic carbocycles. The van der Waals surface area contributed by atoms with Crippen molar-refractivity contribution in [1.82, 2.24) is 0 Å². The molecule has 1 aliphatic heterocycles. The summed E-state index contributed by atoms with van der Waals surface area (Å²) in [7, 11) is 0. The summed E-state index contributed by atoms with van der Waals surface area (Å²) >= 11 is 0. The predicted molar refractivity (Wildman–Crippen MR) is 98.4 cm³/mol. The largest absolute Gasteiger partial charge is 0.481 e. The van der Waals surface area contributed by atoms with E-state index in [-0.39, 0.29) is 18.6 Å². The molecule has 5 heteroatoms. The van der Waals surface area contributed by atoms with Gasteiger partial charge in [-0.15, -0.1) is 0 Å². The van der Waals surface area contributed by atoms with Gasteiger partial charge in [0.2, 0.25) is 0 Å². The van der Waals surface area contributed by atoms with Crippen LogP contribution < -0.4 is 0 Å². The van der Waals surface area contributed by atoms with Gasteiger partial charge in [0, 0.05) is 6.42 Å². The molecular formula is C20H32O5. The Labute approximate surface area is 151 Å². The molecular weight excluding hydrogens is 320 g/mol. The van der Waals surface area contributed by atoms with E-state index in [1.54, 1.807) is 0 Å². The molecule has 3 atom stereocenters. The maximum absolute atomic E-state index is 10.4. The molecule has 0 aromatic rings. The van der Waals surface area contributed by atoms with Crippen LogP contribution in [0.15, 0.2) is 36.5 Å². The van der Waals surface area contributed by atoms with Crippen LogP contribution in [0.4, 0.5) is 0 Å². The van der Waals surface area contributed by atoms with Crippen molar-refractivity contribution in [2.45, 2.75) is 83.0 Å². The van der Waals surface area contributed by atoms with Gasteiger partial charge >= 0.3 is 5.97 Å². The molecule has 0 aromatic carbocycles. The lowest BCUT2D eigenvalue weighted by Crippen LogP contribution is -2.06. The van der Waals surface area contributed by atoms with Crippen molar-refractivity contribution in [1.29, 1.82) is 0 Å². The Kier molecular flexibility index (Phi) is 11.9. The van der Waals surface area contributed by atoms with Crippen LogP contribution in [0.1, 0.15) is 64.7 Å². The highest BCUT2D eigenvalue weighted by atomic mass is 17.1. The molecule has 25 heavy (non-hydrogen) atoms. The number of hydrogen-bond acceptors (Lipinski definition) is 4. The van der Waals surface area contributed by atoms with Crippen LogP contribution in [0.3, 0.4) is 0 Å². The number of carbonyl (C=O) groups is 1. The van der Waals surface area contributed by atoms with Crippen molar-refractivity contribution in [3.63, 3.8) is 0 Å². The molecule has 3 unspecified atom stereocenters. The summed E-state index contributed by atoms with van der Waals surface area (Å²) in [5.41, 5.74) is 0. The molecule has 2 N–H and O–H groups in total. The van der Waals surface area contributed by atoms with Crippen LogP contribution >= 0.6 is 0 Å².